The van der Waals surface area contributed by atoms with Gasteiger partial charge in [0.25, 0.3) is 0 Å². The van der Waals surface area contributed by atoms with Crippen LogP contribution < -0.4 is 10.6 Å². The summed E-state index contributed by atoms with van der Waals surface area (Å²) >= 11 is 0. The van der Waals surface area contributed by atoms with Crippen molar-refractivity contribution in [3.63, 3.8) is 0 Å². The summed E-state index contributed by atoms with van der Waals surface area (Å²) in [4.78, 5) is 14.1. The van der Waals surface area contributed by atoms with E-state index >= 15 is 0 Å². The van der Waals surface area contributed by atoms with E-state index in [4.69, 9.17) is 5.26 Å². The molecule has 1 aromatic rings. The summed E-state index contributed by atoms with van der Waals surface area (Å²) < 4.78 is 0. The first-order valence-corrected chi connectivity index (χ1v) is 7.37. The van der Waals surface area contributed by atoms with E-state index in [9.17, 15) is 4.79 Å². The lowest BCUT2D eigenvalue weighted by Crippen LogP contribution is -2.37. The lowest BCUT2D eigenvalue weighted by Gasteiger charge is -2.27. The highest BCUT2D eigenvalue weighted by Gasteiger charge is 2.16. The summed E-state index contributed by atoms with van der Waals surface area (Å²) in [5.41, 5.74) is 1.08. The molecule has 1 aliphatic heterocycles. The number of anilines is 1. The Labute approximate surface area is 125 Å². The SMILES string of the molecule is CN(CC(=O)Nc1ccccc1C#N)CC1CCNCC1. The Morgan fingerprint density at radius 1 is 1.43 bits per heavy atom. The van der Waals surface area contributed by atoms with Crippen molar-refractivity contribution in [3.8, 4) is 6.07 Å². The monoisotopic (exact) mass is 286 g/mol. The molecule has 1 aliphatic rings. The van der Waals surface area contributed by atoms with Crippen LogP contribution in [0, 0.1) is 17.2 Å². The number of nitriles is 1. The van der Waals surface area contributed by atoms with Crippen LogP contribution in [0.5, 0.6) is 0 Å². The third-order valence-corrected chi connectivity index (χ3v) is 3.76. The number of piperidine rings is 1. The lowest BCUT2D eigenvalue weighted by atomic mass is 9.98. The molecule has 0 aromatic heterocycles. The van der Waals surface area contributed by atoms with E-state index in [1.165, 1.54) is 12.8 Å². The van der Waals surface area contributed by atoms with E-state index in [0.717, 1.165) is 19.6 Å². The molecule has 112 valence electrons. The van der Waals surface area contributed by atoms with E-state index in [1.54, 1.807) is 18.2 Å². The minimum atomic E-state index is -0.0749. The normalized spacial score (nSPS) is 15.7. The largest absolute Gasteiger partial charge is 0.324 e. The van der Waals surface area contributed by atoms with Crippen LogP contribution in [0.4, 0.5) is 5.69 Å². The zero-order valence-corrected chi connectivity index (χ0v) is 12.4. The highest BCUT2D eigenvalue weighted by atomic mass is 16.2. The molecule has 21 heavy (non-hydrogen) atoms. The zero-order chi connectivity index (χ0) is 15.1. The number of para-hydroxylation sites is 1. The molecule has 0 saturated carbocycles. The molecule has 0 radical (unpaired) electrons. The van der Waals surface area contributed by atoms with Gasteiger partial charge in [-0.15, -0.1) is 0 Å². The van der Waals surface area contributed by atoms with Gasteiger partial charge in [0.15, 0.2) is 0 Å². The molecule has 1 aromatic carbocycles. The van der Waals surface area contributed by atoms with Crippen molar-refractivity contribution in [2.75, 3.05) is 38.5 Å². The van der Waals surface area contributed by atoms with Gasteiger partial charge in [0, 0.05) is 6.54 Å². The lowest BCUT2D eigenvalue weighted by molar-refractivity contribution is -0.117. The smallest absolute Gasteiger partial charge is 0.238 e. The maximum atomic E-state index is 12.1. The summed E-state index contributed by atoms with van der Waals surface area (Å²) in [6.07, 6.45) is 2.34. The van der Waals surface area contributed by atoms with Gasteiger partial charge in [0.2, 0.25) is 5.91 Å². The summed E-state index contributed by atoms with van der Waals surface area (Å²) in [7, 11) is 1.97. The molecular weight excluding hydrogens is 264 g/mol. The van der Waals surface area contributed by atoms with E-state index in [1.807, 2.05) is 13.1 Å². The van der Waals surface area contributed by atoms with Crippen LogP contribution >= 0.6 is 0 Å². The second kappa shape index (κ2) is 7.77. The maximum Gasteiger partial charge on any atom is 0.238 e. The molecule has 2 N–H and O–H groups in total. The maximum absolute atomic E-state index is 12.1. The first-order chi connectivity index (χ1) is 10.2. The van der Waals surface area contributed by atoms with Crippen molar-refractivity contribution in [1.82, 2.24) is 10.2 Å². The fourth-order valence-electron chi connectivity index (χ4n) is 2.69. The number of hydrogen-bond donors (Lipinski definition) is 2. The Bertz CT molecular complexity index is 517. The Hall–Kier alpha value is -1.90. The second-order valence-electron chi connectivity index (χ2n) is 5.60. The number of rotatable bonds is 5. The van der Waals surface area contributed by atoms with E-state index in [0.29, 0.717) is 23.7 Å². The number of amides is 1. The molecule has 5 heteroatoms. The molecule has 0 aliphatic carbocycles. The molecular formula is C16H22N4O. The molecule has 0 spiro atoms. The summed E-state index contributed by atoms with van der Waals surface area (Å²) in [6.45, 7) is 3.43. The van der Waals surface area contributed by atoms with Gasteiger partial charge in [-0.3, -0.25) is 9.69 Å². The molecule has 1 saturated heterocycles. The number of likely N-dealkylation sites (N-methyl/N-ethyl adjacent to an activating group) is 1. The van der Waals surface area contributed by atoms with Crippen LogP contribution in [0.1, 0.15) is 18.4 Å². The summed E-state index contributed by atoms with van der Waals surface area (Å²) in [5.74, 6) is 0.588. The van der Waals surface area contributed by atoms with Crippen molar-refractivity contribution in [3.05, 3.63) is 29.8 Å². The van der Waals surface area contributed by atoms with Crippen LogP contribution in [0.15, 0.2) is 24.3 Å². The predicted molar refractivity (Wildman–Crippen MR) is 82.9 cm³/mol. The molecule has 0 bridgehead atoms. The van der Waals surface area contributed by atoms with Crippen molar-refractivity contribution in [1.29, 1.82) is 5.26 Å². The van der Waals surface area contributed by atoms with Gasteiger partial charge < -0.3 is 10.6 Å². The van der Waals surface area contributed by atoms with Crippen molar-refractivity contribution < 1.29 is 4.79 Å². The molecule has 1 fully saturated rings. The second-order valence-corrected chi connectivity index (χ2v) is 5.60. The van der Waals surface area contributed by atoms with Gasteiger partial charge in [0.1, 0.15) is 6.07 Å². The average molecular weight is 286 g/mol. The first kappa shape index (κ1) is 15.5. The van der Waals surface area contributed by atoms with Crippen molar-refractivity contribution in [2.45, 2.75) is 12.8 Å². The number of carbonyl (C=O) groups is 1. The first-order valence-electron chi connectivity index (χ1n) is 7.37. The molecule has 1 amide bonds. The Morgan fingerprint density at radius 2 is 2.14 bits per heavy atom. The summed E-state index contributed by atoms with van der Waals surface area (Å²) in [5, 5.41) is 15.2. The standard InChI is InChI=1S/C16H22N4O/c1-20(11-13-6-8-18-9-7-13)12-16(21)19-15-5-3-2-4-14(15)10-17/h2-5,13,18H,6-9,11-12H2,1H3,(H,19,21). The molecule has 5 nitrogen and oxygen atoms in total. The topological polar surface area (TPSA) is 68.2 Å². The third-order valence-electron chi connectivity index (χ3n) is 3.76. The van der Waals surface area contributed by atoms with Gasteiger partial charge in [-0.2, -0.15) is 5.26 Å². The fraction of sp³-hybridized carbons (Fsp3) is 0.500. The molecule has 2 rings (SSSR count). The van der Waals surface area contributed by atoms with Gasteiger partial charge in [-0.05, 0) is 51.0 Å². The Kier molecular flexibility index (Phi) is 5.73. The van der Waals surface area contributed by atoms with Crippen molar-refractivity contribution >= 4 is 11.6 Å². The van der Waals surface area contributed by atoms with E-state index in [-0.39, 0.29) is 5.91 Å². The van der Waals surface area contributed by atoms with Crippen molar-refractivity contribution in [2.24, 2.45) is 5.92 Å². The van der Waals surface area contributed by atoms with Gasteiger partial charge in [-0.25, -0.2) is 0 Å². The highest BCUT2D eigenvalue weighted by molar-refractivity contribution is 5.93. The average Bonchev–Trinajstić information content (AvgIpc) is 2.48. The number of hydrogen-bond acceptors (Lipinski definition) is 4. The summed E-state index contributed by atoms with van der Waals surface area (Å²) in [6, 6.07) is 9.14. The zero-order valence-electron chi connectivity index (χ0n) is 12.4. The minimum absolute atomic E-state index is 0.0749. The molecule has 0 atom stereocenters. The molecule has 1 heterocycles. The van der Waals surface area contributed by atoms with Crippen LogP contribution in [-0.2, 0) is 4.79 Å². The number of nitrogens with zero attached hydrogens (tertiary/aromatic N) is 2. The Morgan fingerprint density at radius 3 is 2.86 bits per heavy atom. The highest BCUT2D eigenvalue weighted by Crippen LogP contribution is 2.14. The Balaban J connectivity index is 1.82. The van der Waals surface area contributed by atoms with Gasteiger partial charge in [-0.1, -0.05) is 12.1 Å². The van der Waals surface area contributed by atoms with Crippen LogP contribution in [0.25, 0.3) is 0 Å². The number of nitrogens with one attached hydrogen (secondary N) is 2. The fourth-order valence-corrected chi connectivity index (χ4v) is 2.69. The third kappa shape index (κ3) is 4.85. The van der Waals surface area contributed by atoms with Crippen LogP contribution in [0.2, 0.25) is 0 Å². The number of carbonyl (C=O) groups excluding carboxylic acids is 1. The van der Waals surface area contributed by atoms with Gasteiger partial charge >= 0.3 is 0 Å². The predicted octanol–water partition coefficient (Wildman–Crippen LogP) is 1.43. The van der Waals surface area contributed by atoms with Crippen LogP contribution in [0.3, 0.4) is 0 Å². The minimum Gasteiger partial charge on any atom is -0.324 e. The van der Waals surface area contributed by atoms with Crippen LogP contribution in [-0.4, -0.2) is 44.0 Å². The number of benzene rings is 1. The van der Waals surface area contributed by atoms with E-state index < -0.39 is 0 Å². The molecule has 0 unspecified atom stereocenters. The van der Waals surface area contributed by atoms with E-state index in [2.05, 4.69) is 21.6 Å². The van der Waals surface area contributed by atoms with Gasteiger partial charge in [0.05, 0.1) is 17.8 Å². The quantitative estimate of drug-likeness (QED) is 0.859.